The number of hydrogen-bond donors (Lipinski definition) is 2. The third-order valence-corrected chi connectivity index (χ3v) is 5.28. The number of aromatic nitrogens is 2. The summed E-state index contributed by atoms with van der Waals surface area (Å²) in [5.41, 5.74) is 5.64. The number of ketones is 1. The van der Waals surface area contributed by atoms with Crippen LogP contribution in [-0.4, -0.2) is 33.1 Å². The first-order valence-electron chi connectivity index (χ1n) is 8.84. The fourth-order valence-electron chi connectivity index (χ4n) is 3.92. The first-order chi connectivity index (χ1) is 12.6. The monoisotopic (exact) mass is 347 g/mol. The standard InChI is InChI=1S/C21H21N3O2/c1-4-12-9-17(23-16(12)6-3)21(26)24-8-7-14-15-10-13(5-2)22-20(15)19(25)11-18(14)24/h4,6,9-11,14,22-23H,1,3,5,7-8H2,2H3. The van der Waals surface area contributed by atoms with Crippen LogP contribution in [0.5, 0.6) is 0 Å². The van der Waals surface area contributed by atoms with Crippen molar-refractivity contribution in [2.75, 3.05) is 6.54 Å². The Morgan fingerprint density at radius 1 is 1.31 bits per heavy atom. The second-order valence-electron chi connectivity index (χ2n) is 6.67. The Hall–Kier alpha value is -3.08. The molecular weight excluding hydrogens is 326 g/mol. The van der Waals surface area contributed by atoms with Crippen LogP contribution < -0.4 is 0 Å². The molecule has 26 heavy (non-hydrogen) atoms. The molecule has 5 nitrogen and oxygen atoms in total. The van der Waals surface area contributed by atoms with E-state index in [9.17, 15) is 9.59 Å². The Balaban J connectivity index is 1.69. The molecular formula is C21H21N3O2. The van der Waals surface area contributed by atoms with Crippen LogP contribution >= 0.6 is 0 Å². The zero-order chi connectivity index (χ0) is 18.4. The number of fused-ring (bicyclic) bond motifs is 3. The first-order valence-corrected chi connectivity index (χ1v) is 8.84. The minimum atomic E-state index is -0.127. The van der Waals surface area contributed by atoms with E-state index >= 15 is 0 Å². The van der Waals surface area contributed by atoms with Gasteiger partial charge in [0, 0.05) is 35.6 Å². The van der Waals surface area contributed by atoms with Crippen molar-refractivity contribution < 1.29 is 9.59 Å². The molecule has 2 aliphatic rings. The average molecular weight is 347 g/mol. The van der Waals surface area contributed by atoms with Gasteiger partial charge in [-0.05, 0) is 42.2 Å². The number of amides is 1. The lowest BCUT2D eigenvalue weighted by Gasteiger charge is -2.23. The molecule has 2 N–H and O–H groups in total. The number of nitrogens with one attached hydrogen (secondary N) is 2. The Bertz CT molecular complexity index is 948. The predicted octanol–water partition coefficient (Wildman–Crippen LogP) is 3.90. The number of allylic oxidation sites excluding steroid dienone is 2. The summed E-state index contributed by atoms with van der Waals surface area (Å²) in [6.07, 6.45) is 6.64. The number of likely N-dealkylation sites (tertiary alicyclic amines) is 1. The third kappa shape index (κ3) is 2.31. The van der Waals surface area contributed by atoms with Crippen LogP contribution in [-0.2, 0) is 6.42 Å². The molecule has 1 unspecified atom stereocenters. The quantitative estimate of drug-likeness (QED) is 0.881. The van der Waals surface area contributed by atoms with E-state index in [1.165, 1.54) is 0 Å². The molecule has 0 spiro atoms. The fraction of sp³-hybridized carbons (Fsp3) is 0.238. The Morgan fingerprint density at radius 2 is 2.12 bits per heavy atom. The zero-order valence-corrected chi connectivity index (χ0v) is 14.8. The number of rotatable bonds is 4. The maximum atomic E-state index is 13.0. The van der Waals surface area contributed by atoms with E-state index in [2.05, 4.69) is 36.1 Å². The fourth-order valence-corrected chi connectivity index (χ4v) is 3.92. The van der Waals surface area contributed by atoms with E-state index in [4.69, 9.17) is 0 Å². The van der Waals surface area contributed by atoms with Gasteiger partial charge in [-0.2, -0.15) is 0 Å². The number of aromatic amines is 2. The molecule has 0 saturated carbocycles. The molecule has 2 aromatic heterocycles. The van der Waals surface area contributed by atoms with Gasteiger partial charge in [-0.3, -0.25) is 9.59 Å². The predicted molar refractivity (Wildman–Crippen MR) is 102 cm³/mol. The highest BCUT2D eigenvalue weighted by atomic mass is 16.2. The van der Waals surface area contributed by atoms with Crippen molar-refractivity contribution in [1.29, 1.82) is 0 Å². The van der Waals surface area contributed by atoms with Crippen molar-refractivity contribution in [2.24, 2.45) is 0 Å². The first kappa shape index (κ1) is 16.4. The van der Waals surface area contributed by atoms with Crippen LogP contribution in [0, 0.1) is 0 Å². The number of aryl methyl sites for hydroxylation is 1. The van der Waals surface area contributed by atoms with Crippen LogP contribution in [0.15, 0.2) is 37.1 Å². The Labute approximate surface area is 152 Å². The van der Waals surface area contributed by atoms with Gasteiger partial charge in [0.05, 0.1) is 5.69 Å². The summed E-state index contributed by atoms with van der Waals surface area (Å²) in [5, 5.41) is 0. The van der Waals surface area contributed by atoms with Crippen LogP contribution in [0.1, 0.15) is 62.8 Å². The van der Waals surface area contributed by atoms with Crippen molar-refractivity contribution in [3.63, 3.8) is 0 Å². The molecule has 1 aliphatic carbocycles. The second kappa shape index (κ2) is 6.02. The third-order valence-electron chi connectivity index (χ3n) is 5.28. The van der Waals surface area contributed by atoms with Crippen molar-refractivity contribution in [3.05, 3.63) is 71.0 Å². The summed E-state index contributed by atoms with van der Waals surface area (Å²) in [7, 11) is 0. The molecule has 0 radical (unpaired) electrons. The molecule has 1 atom stereocenters. The lowest BCUT2D eigenvalue weighted by molar-refractivity contribution is 0.0818. The molecule has 1 saturated heterocycles. The summed E-state index contributed by atoms with van der Waals surface area (Å²) in [4.78, 5) is 33.6. The molecule has 5 heteroatoms. The molecule has 132 valence electrons. The zero-order valence-electron chi connectivity index (χ0n) is 14.8. The van der Waals surface area contributed by atoms with Gasteiger partial charge in [-0.25, -0.2) is 0 Å². The largest absolute Gasteiger partial charge is 0.355 e. The summed E-state index contributed by atoms with van der Waals surface area (Å²) in [6, 6.07) is 3.85. The molecule has 1 aliphatic heterocycles. The normalized spacial score (nSPS) is 18.3. The van der Waals surface area contributed by atoms with Crippen LogP contribution in [0.3, 0.4) is 0 Å². The van der Waals surface area contributed by atoms with Gasteiger partial charge >= 0.3 is 0 Å². The number of carbonyl (C=O) groups excluding carboxylic acids is 2. The van der Waals surface area contributed by atoms with Crippen molar-refractivity contribution in [1.82, 2.24) is 14.9 Å². The molecule has 2 aromatic rings. The second-order valence-corrected chi connectivity index (χ2v) is 6.67. The number of nitrogens with zero attached hydrogens (tertiary/aromatic N) is 1. The van der Waals surface area contributed by atoms with Crippen molar-refractivity contribution in [2.45, 2.75) is 25.7 Å². The molecule has 0 bridgehead atoms. The van der Waals surface area contributed by atoms with Crippen molar-refractivity contribution in [3.8, 4) is 0 Å². The van der Waals surface area contributed by atoms with Gasteiger partial charge in [0.25, 0.3) is 5.91 Å². The summed E-state index contributed by atoms with van der Waals surface area (Å²) in [5.74, 6) is -0.0935. The molecule has 0 aromatic carbocycles. The van der Waals surface area contributed by atoms with E-state index in [1.807, 2.05) is 0 Å². The molecule has 1 amide bonds. The van der Waals surface area contributed by atoms with E-state index in [-0.39, 0.29) is 17.6 Å². The maximum Gasteiger partial charge on any atom is 0.274 e. The highest BCUT2D eigenvalue weighted by Gasteiger charge is 2.39. The minimum absolute atomic E-state index is 0.0595. The van der Waals surface area contributed by atoms with Gasteiger partial charge in [0.1, 0.15) is 5.69 Å². The van der Waals surface area contributed by atoms with Crippen LogP contribution in [0.2, 0.25) is 0 Å². The Morgan fingerprint density at radius 3 is 2.77 bits per heavy atom. The number of hydrogen-bond acceptors (Lipinski definition) is 2. The SMILES string of the molecule is C=Cc1cc(C(=O)N2CCC3C2=CC(=O)c2[nH]c(CC)cc23)[nH]c1C=C. The minimum Gasteiger partial charge on any atom is -0.355 e. The van der Waals surface area contributed by atoms with Gasteiger partial charge in [-0.15, -0.1) is 0 Å². The number of H-pyrrole nitrogens is 2. The van der Waals surface area contributed by atoms with Gasteiger partial charge in [-0.1, -0.05) is 26.2 Å². The van der Waals surface area contributed by atoms with Crippen molar-refractivity contribution >= 4 is 23.8 Å². The van der Waals surface area contributed by atoms with Gasteiger partial charge < -0.3 is 14.9 Å². The van der Waals surface area contributed by atoms with Crippen LogP contribution in [0.25, 0.3) is 12.2 Å². The highest BCUT2D eigenvalue weighted by Crippen LogP contribution is 2.42. The van der Waals surface area contributed by atoms with E-state index in [1.54, 1.807) is 29.2 Å². The van der Waals surface area contributed by atoms with Gasteiger partial charge in [0.2, 0.25) is 5.78 Å². The van der Waals surface area contributed by atoms with E-state index in [0.717, 1.165) is 41.1 Å². The number of carbonyl (C=O) groups is 2. The summed E-state index contributed by atoms with van der Waals surface area (Å²) in [6.45, 7) is 10.2. The molecule has 4 rings (SSSR count). The molecule has 3 heterocycles. The molecule has 1 fully saturated rings. The lowest BCUT2D eigenvalue weighted by Crippen LogP contribution is -2.29. The summed E-state index contributed by atoms with van der Waals surface area (Å²) < 4.78 is 0. The topological polar surface area (TPSA) is 69.0 Å². The average Bonchev–Trinajstić information content (AvgIpc) is 3.36. The van der Waals surface area contributed by atoms with E-state index < -0.39 is 0 Å². The smallest absolute Gasteiger partial charge is 0.274 e. The van der Waals surface area contributed by atoms with E-state index in [0.29, 0.717) is 17.9 Å². The lowest BCUT2D eigenvalue weighted by atomic mass is 9.89. The highest BCUT2D eigenvalue weighted by molar-refractivity contribution is 6.07. The Kier molecular flexibility index (Phi) is 3.80. The van der Waals surface area contributed by atoms with Gasteiger partial charge in [0.15, 0.2) is 0 Å². The van der Waals surface area contributed by atoms with Crippen LogP contribution in [0.4, 0.5) is 0 Å². The maximum absolute atomic E-state index is 13.0. The summed E-state index contributed by atoms with van der Waals surface area (Å²) >= 11 is 0.